The molecule has 0 aliphatic heterocycles. The summed E-state index contributed by atoms with van der Waals surface area (Å²) in [5.74, 6) is -0.108. The molecule has 0 saturated heterocycles. The Bertz CT molecular complexity index is 1050. The molecule has 4 rings (SSSR count). The number of para-hydroxylation sites is 2. The predicted molar refractivity (Wildman–Crippen MR) is 100 cm³/mol. The predicted octanol–water partition coefficient (Wildman–Crippen LogP) is 2.96. The molecule has 0 unspecified atom stereocenters. The molecule has 2 aromatic heterocycles. The van der Waals surface area contributed by atoms with Crippen molar-refractivity contribution in [3.63, 3.8) is 0 Å². The van der Waals surface area contributed by atoms with Crippen molar-refractivity contribution in [2.24, 2.45) is 0 Å². The van der Waals surface area contributed by atoms with Gasteiger partial charge in [0.2, 0.25) is 0 Å². The molecule has 6 heteroatoms. The van der Waals surface area contributed by atoms with Gasteiger partial charge < -0.3 is 9.88 Å². The Morgan fingerprint density at radius 3 is 2.62 bits per heavy atom. The molecule has 6 nitrogen and oxygen atoms in total. The van der Waals surface area contributed by atoms with Gasteiger partial charge in [-0.15, -0.1) is 10.2 Å². The van der Waals surface area contributed by atoms with Crippen LogP contribution < -0.4 is 5.32 Å². The van der Waals surface area contributed by atoms with Crippen molar-refractivity contribution < 1.29 is 4.79 Å². The van der Waals surface area contributed by atoms with Gasteiger partial charge in [0.25, 0.3) is 5.91 Å². The first kappa shape index (κ1) is 16.1. The Morgan fingerprint density at radius 2 is 1.77 bits per heavy atom. The van der Waals surface area contributed by atoms with E-state index in [1.807, 2.05) is 30.3 Å². The molecule has 0 spiro atoms. The summed E-state index contributed by atoms with van der Waals surface area (Å²) in [7, 11) is 0. The number of hydrogen-bond donors (Lipinski definition) is 1. The molecule has 1 N–H and O–H groups in total. The molecule has 1 amide bonds. The second-order valence-electron chi connectivity index (χ2n) is 6.14. The van der Waals surface area contributed by atoms with Gasteiger partial charge >= 0.3 is 0 Å². The average Bonchev–Trinajstić information content (AvgIpc) is 3.30. The Balaban J connectivity index is 1.49. The van der Waals surface area contributed by atoms with Gasteiger partial charge in [-0.05, 0) is 36.6 Å². The van der Waals surface area contributed by atoms with Gasteiger partial charge in [-0.25, -0.2) is 0 Å². The van der Waals surface area contributed by atoms with Crippen molar-refractivity contribution in [1.29, 1.82) is 0 Å². The molecular formula is C20H19N5O. The van der Waals surface area contributed by atoms with Crippen molar-refractivity contribution in [2.75, 3.05) is 6.54 Å². The van der Waals surface area contributed by atoms with Crippen molar-refractivity contribution in [2.45, 2.75) is 13.5 Å². The first-order valence-electron chi connectivity index (χ1n) is 8.51. The second kappa shape index (κ2) is 6.84. The van der Waals surface area contributed by atoms with Gasteiger partial charge in [0.1, 0.15) is 12.7 Å². The summed E-state index contributed by atoms with van der Waals surface area (Å²) in [5, 5.41) is 11.9. The van der Waals surface area contributed by atoms with Crippen LogP contribution in [-0.2, 0) is 6.54 Å². The zero-order valence-electron chi connectivity index (χ0n) is 14.5. The van der Waals surface area contributed by atoms with Crippen molar-refractivity contribution in [1.82, 2.24) is 24.6 Å². The van der Waals surface area contributed by atoms with Crippen molar-refractivity contribution >= 4 is 16.8 Å². The molecule has 0 bridgehead atoms. The Hall–Kier alpha value is -3.41. The molecule has 0 radical (unpaired) electrons. The Morgan fingerprint density at radius 1 is 1.04 bits per heavy atom. The van der Waals surface area contributed by atoms with Gasteiger partial charge in [0, 0.05) is 24.3 Å². The molecule has 0 atom stereocenters. The average molecular weight is 345 g/mol. The van der Waals surface area contributed by atoms with E-state index >= 15 is 0 Å². The number of carbonyl (C=O) groups excluding carboxylic acids is 1. The first-order chi connectivity index (χ1) is 12.7. The third-order valence-corrected chi connectivity index (χ3v) is 4.48. The van der Waals surface area contributed by atoms with Crippen LogP contribution in [0.1, 0.15) is 16.1 Å². The smallest absolute Gasteiger partial charge is 0.253 e. The molecule has 0 saturated carbocycles. The van der Waals surface area contributed by atoms with Gasteiger partial charge in [0.15, 0.2) is 0 Å². The number of benzene rings is 2. The number of amides is 1. The highest BCUT2D eigenvalue weighted by molar-refractivity contribution is 5.97. The van der Waals surface area contributed by atoms with Crippen LogP contribution >= 0.6 is 0 Å². The Labute approximate surface area is 151 Å². The minimum Gasteiger partial charge on any atom is -0.350 e. The van der Waals surface area contributed by atoms with E-state index in [1.54, 1.807) is 23.3 Å². The van der Waals surface area contributed by atoms with E-state index < -0.39 is 0 Å². The fourth-order valence-electron chi connectivity index (χ4n) is 3.24. The zero-order chi connectivity index (χ0) is 17.9. The molecule has 0 aliphatic rings. The summed E-state index contributed by atoms with van der Waals surface area (Å²) in [4.78, 5) is 12.7. The summed E-state index contributed by atoms with van der Waals surface area (Å²) in [6.07, 6.45) is 3.17. The second-order valence-corrected chi connectivity index (χ2v) is 6.14. The van der Waals surface area contributed by atoms with Gasteiger partial charge in [-0.3, -0.25) is 9.36 Å². The fraction of sp³-hybridized carbons (Fsp3) is 0.150. The summed E-state index contributed by atoms with van der Waals surface area (Å²) in [6.45, 7) is 3.36. The Kier molecular flexibility index (Phi) is 4.23. The topological polar surface area (TPSA) is 64.7 Å². The number of fused-ring (bicyclic) bond motifs is 1. The summed E-state index contributed by atoms with van der Waals surface area (Å²) in [5.41, 5.74) is 3.73. The van der Waals surface area contributed by atoms with Crippen LogP contribution in [0.15, 0.2) is 67.3 Å². The van der Waals surface area contributed by atoms with Crippen LogP contribution in [-0.4, -0.2) is 31.8 Å². The zero-order valence-corrected chi connectivity index (χ0v) is 14.5. The third-order valence-electron chi connectivity index (χ3n) is 4.48. The third kappa shape index (κ3) is 2.97. The quantitative estimate of drug-likeness (QED) is 0.605. The maximum atomic E-state index is 12.7. The molecule has 26 heavy (non-hydrogen) atoms. The van der Waals surface area contributed by atoms with E-state index in [9.17, 15) is 4.79 Å². The largest absolute Gasteiger partial charge is 0.350 e. The van der Waals surface area contributed by atoms with E-state index in [1.165, 1.54) is 16.6 Å². The molecule has 0 fully saturated rings. The van der Waals surface area contributed by atoms with E-state index in [-0.39, 0.29) is 5.91 Å². The number of hydrogen-bond acceptors (Lipinski definition) is 3. The molecular weight excluding hydrogens is 326 g/mol. The van der Waals surface area contributed by atoms with Crippen LogP contribution in [0.2, 0.25) is 0 Å². The van der Waals surface area contributed by atoms with E-state index in [4.69, 9.17) is 0 Å². The lowest BCUT2D eigenvalue weighted by atomic mass is 10.1. The van der Waals surface area contributed by atoms with Crippen LogP contribution in [0, 0.1) is 6.92 Å². The summed E-state index contributed by atoms with van der Waals surface area (Å²) >= 11 is 0. The van der Waals surface area contributed by atoms with E-state index in [0.717, 1.165) is 12.2 Å². The number of rotatable bonds is 5. The minimum absolute atomic E-state index is 0.108. The molecule has 0 aliphatic carbocycles. The van der Waals surface area contributed by atoms with Gasteiger partial charge in [0.05, 0.1) is 11.3 Å². The van der Waals surface area contributed by atoms with Crippen LogP contribution in [0.5, 0.6) is 0 Å². The number of carbonyl (C=O) groups is 1. The number of aryl methyl sites for hydroxylation is 1. The fourth-order valence-corrected chi connectivity index (χ4v) is 3.24. The highest BCUT2D eigenvalue weighted by Gasteiger charge is 2.12. The van der Waals surface area contributed by atoms with Crippen LogP contribution in [0.25, 0.3) is 16.6 Å². The molecule has 4 aromatic rings. The van der Waals surface area contributed by atoms with Crippen molar-refractivity contribution in [3.05, 3.63) is 78.5 Å². The summed E-state index contributed by atoms with van der Waals surface area (Å²) in [6, 6.07) is 17.9. The summed E-state index contributed by atoms with van der Waals surface area (Å²) < 4.78 is 3.96. The van der Waals surface area contributed by atoms with Crippen LogP contribution in [0.4, 0.5) is 0 Å². The van der Waals surface area contributed by atoms with Crippen molar-refractivity contribution in [3.8, 4) is 5.69 Å². The normalized spacial score (nSPS) is 11.0. The van der Waals surface area contributed by atoms with E-state index in [2.05, 4.69) is 45.2 Å². The van der Waals surface area contributed by atoms with E-state index in [0.29, 0.717) is 12.1 Å². The monoisotopic (exact) mass is 345 g/mol. The SMILES string of the molecule is Cc1cc2ccccc2n1CCNC(=O)c1ccccc1-n1cnnc1. The number of nitrogens with one attached hydrogen (secondary N) is 1. The molecule has 130 valence electrons. The van der Waals surface area contributed by atoms with Gasteiger partial charge in [-0.1, -0.05) is 30.3 Å². The maximum Gasteiger partial charge on any atom is 0.253 e. The minimum atomic E-state index is -0.108. The standard InChI is InChI=1S/C20H19N5O/c1-15-12-16-6-2-4-8-18(16)25(15)11-10-21-20(26)17-7-3-5-9-19(17)24-13-22-23-14-24/h2-9,12-14H,10-11H2,1H3,(H,21,26). The lowest BCUT2D eigenvalue weighted by Crippen LogP contribution is -2.28. The van der Waals surface area contributed by atoms with Gasteiger partial charge in [-0.2, -0.15) is 0 Å². The lowest BCUT2D eigenvalue weighted by Gasteiger charge is -2.12. The first-order valence-corrected chi connectivity index (χ1v) is 8.51. The highest BCUT2D eigenvalue weighted by Crippen LogP contribution is 2.19. The maximum absolute atomic E-state index is 12.7. The molecule has 2 aromatic carbocycles. The number of nitrogens with zero attached hydrogens (tertiary/aromatic N) is 4. The lowest BCUT2D eigenvalue weighted by molar-refractivity contribution is 0.0952. The van der Waals surface area contributed by atoms with Crippen LogP contribution in [0.3, 0.4) is 0 Å². The molecule has 2 heterocycles. The highest BCUT2D eigenvalue weighted by atomic mass is 16.1. The number of aromatic nitrogens is 4.